The second-order valence-corrected chi connectivity index (χ2v) is 5.13. The molecule has 0 aliphatic rings. The van der Waals surface area contributed by atoms with Gasteiger partial charge >= 0.3 is 11.8 Å². The fraction of sp³-hybridized carbons (Fsp3) is 0.0714. The Bertz CT molecular complexity index is 745. The Morgan fingerprint density at radius 1 is 1.30 bits per heavy atom. The fourth-order valence-corrected chi connectivity index (χ4v) is 2.07. The predicted octanol–water partition coefficient (Wildman–Crippen LogP) is 2.06. The summed E-state index contributed by atoms with van der Waals surface area (Å²) >= 11 is 11.5. The zero-order chi connectivity index (χ0) is 16.8. The number of rotatable bonds is 4. The molecule has 120 valence electrons. The number of phenolic OH excluding ortho intramolecular Hbond substituents is 1. The van der Waals surface area contributed by atoms with Crippen LogP contribution >= 0.6 is 23.2 Å². The molecule has 0 saturated carbocycles. The molecular weight excluding hydrogens is 345 g/mol. The van der Waals surface area contributed by atoms with Crippen molar-refractivity contribution in [3.63, 3.8) is 0 Å². The van der Waals surface area contributed by atoms with E-state index < -0.39 is 11.8 Å². The maximum absolute atomic E-state index is 11.5. The van der Waals surface area contributed by atoms with Crippen LogP contribution in [0, 0.1) is 0 Å². The summed E-state index contributed by atoms with van der Waals surface area (Å²) in [5.74, 6) is -1.59. The molecule has 0 saturated heterocycles. The van der Waals surface area contributed by atoms with Crippen LogP contribution in [-0.4, -0.2) is 23.1 Å². The highest BCUT2D eigenvalue weighted by Gasteiger charge is 2.13. The van der Waals surface area contributed by atoms with Crippen molar-refractivity contribution in [2.75, 3.05) is 0 Å². The van der Waals surface area contributed by atoms with Gasteiger partial charge in [-0.3, -0.25) is 9.59 Å². The summed E-state index contributed by atoms with van der Waals surface area (Å²) in [6.07, 6.45) is 2.57. The largest absolute Gasteiger partial charge is 0.506 e. The smallest absolute Gasteiger partial charge is 0.329 e. The van der Waals surface area contributed by atoms with Crippen molar-refractivity contribution in [3.8, 4) is 5.75 Å². The minimum atomic E-state index is -0.972. The zero-order valence-corrected chi connectivity index (χ0v) is 13.1. The molecule has 1 aromatic heterocycles. The summed E-state index contributed by atoms with van der Waals surface area (Å²) in [6, 6.07) is 6.07. The molecule has 0 atom stereocenters. The van der Waals surface area contributed by atoms with Gasteiger partial charge in [0.05, 0.1) is 24.0 Å². The summed E-state index contributed by atoms with van der Waals surface area (Å²) < 4.78 is 5.01. The Morgan fingerprint density at radius 3 is 2.78 bits per heavy atom. The highest BCUT2D eigenvalue weighted by molar-refractivity contribution is 6.36. The minimum absolute atomic E-state index is 0.0430. The third-order valence-electron chi connectivity index (χ3n) is 2.64. The van der Waals surface area contributed by atoms with Crippen LogP contribution in [0.5, 0.6) is 5.75 Å². The summed E-state index contributed by atoms with van der Waals surface area (Å²) in [6.45, 7) is 0.0770. The monoisotopic (exact) mass is 355 g/mol. The van der Waals surface area contributed by atoms with Gasteiger partial charge in [-0.1, -0.05) is 23.2 Å². The number of nitrogens with zero attached hydrogens (tertiary/aromatic N) is 1. The molecule has 1 aromatic carbocycles. The van der Waals surface area contributed by atoms with E-state index in [9.17, 15) is 14.7 Å². The molecule has 9 heteroatoms. The number of halogens is 2. The molecule has 0 bridgehead atoms. The van der Waals surface area contributed by atoms with Gasteiger partial charge in [-0.25, -0.2) is 5.43 Å². The maximum Gasteiger partial charge on any atom is 0.329 e. The Hall–Kier alpha value is -2.51. The molecule has 3 N–H and O–H groups in total. The van der Waals surface area contributed by atoms with Crippen molar-refractivity contribution in [1.29, 1.82) is 0 Å². The molecule has 0 unspecified atom stereocenters. The van der Waals surface area contributed by atoms with Gasteiger partial charge in [0.1, 0.15) is 11.5 Å². The number of benzene rings is 1. The first-order chi connectivity index (χ1) is 11.0. The fourth-order valence-electron chi connectivity index (χ4n) is 1.56. The van der Waals surface area contributed by atoms with Crippen molar-refractivity contribution in [2.24, 2.45) is 5.10 Å². The van der Waals surface area contributed by atoms with E-state index >= 15 is 0 Å². The van der Waals surface area contributed by atoms with E-state index in [1.807, 2.05) is 5.43 Å². The lowest BCUT2D eigenvalue weighted by atomic mass is 10.2. The highest BCUT2D eigenvalue weighted by Crippen LogP contribution is 2.29. The van der Waals surface area contributed by atoms with Gasteiger partial charge in [0.25, 0.3) is 0 Å². The Morgan fingerprint density at radius 2 is 2.09 bits per heavy atom. The Balaban J connectivity index is 1.89. The molecule has 2 rings (SSSR count). The number of hydrogen-bond donors (Lipinski definition) is 3. The van der Waals surface area contributed by atoms with E-state index in [1.54, 1.807) is 12.1 Å². The zero-order valence-electron chi connectivity index (χ0n) is 11.5. The van der Waals surface area contributed by atoms with Gasteiger partial charge in [-0.05, 0) is 24.3 Å². The normalized spacial score (nSPS) is 10.7. The predicted molar refractivity (Wildman–Crippen MR) is 84.4 cm³/mol. The van der Waals surface area contributed by atoms with E-state index in [0.29, 0.717) is 5.76 Å². The number of furan rings is 1. The van der Waals surface area contributed by atoms with E-state index in [2.05, 4.69) is 10.4 Å². The Labute approximate surface area is 140 Å². The Kier molecular flexibility index (Phi) is 5.61. The number of hydrazone groups is 1. The molecule has 2 aromatic rings. The molecule has 2 amide bonds. The molecule has 0 aliphatic heterocycles. The number of carbonyl (C=O) groups excluding carboxylic acids is 2. The topological polar surface area (TPSA) is 104 Å². The van der Waals surface area contributed by atoms with E-state index in [0.717, 1.165) is 6.21 Å². The first-order valence-corrected chi connectivity index (χ1v) is 7.04. The average Bonchev–Trinajstić information content (AvgIpc) is 3.02. The molecule has 23 heavy (non-hydrogen) atoms. The van der Waals surface area contributed by atoms with Gasteiger partial charge < -0.3 is 14.8 Å². The van der Waals surface area contributed by atoms with Crippen LogP contribution in [-0.2, 0) is 16.1 Å². The summed E-state index contributed by atoms with van der Waals surface area (Å²) in [5.41, 5.74) is 2.21. The van der Waals surface area contributed by atoms with Gasteiger partial charge in [0.15, 0.2) is 0 Å². The van der Waals surface area contributed by atoms with Crippen LogP contribution in [0.25, 0.3) is 0 Å². The first-order valence-electron chi connectivity index (χ1n) is 6.29. The van der Waals surface area contributed by atoms with E-state index in [4.69, 9.17) is 27.6 Å². The molecule has 0 aliphatic carbocycles. The van der Waals surface area contributed by atoms with Crippen LogP contribution in [0.4, 0.5) is 0 Å². The van der Waals surface area contributed by atoms with Crippen LogP contribution in [0.15, 0.2) is 40.0 Å². The molecule has 1 heterocycles. The number of hydrogen-bond acceptors (Lipinski definition) is 5. The standard InChI is InChI=1S/C14H11Cl2N3O4/c15-9-4-8(12(20)11(16)5-9)6-18-19-14(22)13(21)17-7-10-2-1-3-23-10/h1-6,20H,7H2,(H,17,21)(H,19,22)/b18-6+. The lowest BCUT2D eigenvalue weighted by Crippen LogP contribution is -2.37. The number of amides is 2. The van der Waals surface area contributed by atoms with Crippen LogP contribution in [0.2, 0.25) is 10.0 Å². The third-order valence-corrected chi connectivity index (χ3v) is 3.14. The van der Waals surface area contributed by atoms with Gasteiger partial charge in [0, 0.05) is 10.6 Å². The lowest BCUT2D eigenvalue weighted by molar-refractivity contribution is -0.139. The number of nitrogens with one attached hydrogen (secondary N) is 2. The van der Waals surface area contributed by atoms with E-state index in [1.165, 1.54) is 18.4 Å². The minimum Gasteiger partial charge on any atom is -0.506 e. The van der Waals surface area contributed by atoms with Crippen LogP contribution in [0.3, 0.4) is 0 Å². The first kappa shape index (κ1) is 16.9. The van der Waals surface area contributed by atoms with E-state index in [-0.39, 0.29) is 27.9 Å². The molecule has 7 nitrogen and oxygen atoms in total. The molecular formula is C14H11Cl2N3O4. The van der Waals surface area contributed by atoms with Crippen LogP contribution < -0.4 is 10.7 Å². The van der Waals surface area contributed by atoms with Gasteiger partial charge in [-0.2, -0.15) is 5.10 Å². The summed E-state index contributed by atoms with van der Waals surface area (Å²) in [7, 11) is 0. The van der Waals surface area contributed by atoms with Crippen molar-refractivity contribution >= 4 is 41.2 Å². The van der Waals surface area contributed by atoms with Crippen molar-refractivity contribution in [3.05, 3.63) is 51.9 Å². The van der Waals surface area contributed by atoms with Crippen molar-refractivity contribution < 1.29 is 19.1 Å². The maximum atomic E-state index is 11.5. The van der Waals surface area contributed by atoms with Gasteiger partial charge in [-0.15, -0.1) is 0 Å². The van der Waals surface area contributed by atoms with Crippen molar-refractivity contribution in [1.82, 2.24) is 10.7 Å². The quantitative estimate of drug-likeness (QED) is 0.443. The number of carbonyl (C=O) groups is 2. The summed E-state index contributed by atoms with van der Waals surface area (Å²) in [5, 5.41) is 16.0. The van der Waals surface area contributed by atoms with Crippen molar-refractivity contribution in [2.45, 2.75) is 6.54 Å². The number of aromatic hydroxyl groups is 1. The molecule has 0 radical (unpaired) electrons. The second-order valence-electron chi connectivity index (χ2n) is 4.29. The van der Waals surface area contributed by atoms with Gasteiger partial charge in [0.2, 0.25) is 0 Å². The molecule has 0 spiro atoms. The van der Waals surface area contributed by atoms with Crippen LogP contribution in [0.1, 0.15) is 11.3 Å². The average molecular weight is 356 g/mol. The second kappa shape index (κ2) is 7.66. The highest BCUT2D eigenvalue weighted by atomic mass is 35.5. The SMILES string of the molecule is O=C(NCc1ccco1)C(=O)N/N=C/c1cc(Cl)cc(Cl)c1O. The number of phenols is 1. The third kappa shape index (κ3) is 4.73. The molecule has 0 fully saturated rings. The summed E-state index contributed by atoms with van der Waals surface area (Å²) in [4.78, 5) is 23.1. The lowest BCUT2D eigenvalue weighted by Gasteiger charge is -2.03.